The number of unbranched alkanes of at least 4 members (excludes halogenated alkanes) is 3. The van der Waals surface area contributed by atoms with Crippen LogP contribution in [0.5, 0.6) is 0 Å². The molecule has 1 aromatic rings. The zero-order chi connectivity index (χ0) is 18.8. The summed E-state index contributed by atoms with van der Waals surface area (Å²) in [5.74, 6) is -0.637. The van der Waals surface area contributed by atoms with Crippen LogP contribution in [0.1, 0.15) is 51.0 Å². The van der Waals surface area contributed by atoms with Gasteiger partial charge < -0.3 is 10.2 Å². The minimum atomic E-state index is -0.351. The van der Waals surface area contributed by atoms with Gasteiger partial charge in [-0.3, -0.25) is 9.59 Å². The fraction of sp³-hybridized carbons (Fsp3) is 0.524. The predicted molar refractivity (Wildman–Crippen MR) is 102 cm³/mol. The van der Waals surface area contributed by atoms with Gasteiger partial charge in [-0.1, -0.05) is 44.4 Å². The van der Waals surface area contributed by atoms with Crippen LogP contribution in [-0.4, -0.2) is 36.3 Å². The molecule has 5 heteroatoms. The molecule has 0 bridgehead atoms. The van der Waals surface area contributed by atoms with Crippen LogP contribution in [0, 0.1) is 11.7 Å². The highest BCUT2D eigenvalue weighted by Gasteiger charge is 2.27. The molecule has 0 radical (unpaired) electrons. The lowest BCUT2D eigenvalue weighted by molar-refractivity contribution is -0.132. The van der Waals surface area contributed by atoms with E-state index in [1.165, 1.54) is 31.1 Å². The molecule has 1 aliphatic heterocycles. The van der Waals surface area contributed by atoms with Gasteiger partial charge in [-0.15, -0.1) is 0 Å². The van der Waals surface area contributed by atoms with Crippen LogP contribution < -0.4 is 5.32 Å². The van der Waals surface area contributed by atoms with E-state index in [9.17, 15) is 14.0 Å². The first-order valence-electron chi connectivity index (χ1n) is 9.61. The Morgan fingerprint density at radius 2 is 2.08 bits per heavy atom. The summed E-state index contributed by atoms with van der Waals surface area (Å²) in [5.41, 5.74) is 0.388. The first-order chi connectivity index (χ1) is 12.6. The monoisotopic (exact) mass is 360 g/mol. The quantitative estimate of drug-likeness (QED) is 0.567. The molecule has 1 atom stereocenters. The minimum Gasteiger partial charge on any atom is -0.356 e. The van der Waals surface area contributed by atoms with Gasteiger partial charge in [0.25, 0.3) is 0 Å². The van der Waals surface area contributed by atoms with Crippen LogP contribution in [-0.2, 0) is 9.59 Å². The fourth-order valence-corrected chi connectivity index (χ4v) is 3.18. The first kappa shape index (κ1) is 20.1. The summed E-state index contributed by atoms with van der Waals surface area (Å²) in [7, 11) is 0. The molecule has 2 rings (SSSR count). The largest absolute Gasteiger partial charge is 0.356 e. The van der Waals surface area contributed by atoms with Gasteiger partial charge in [-0.2, -0.15) is 0 Å². The van der Waals surface area contributed by atoms with Crippen molar-refractivity contribution in [3.63, 3.8) is 0 Å². The van der Waals surface area contributed by atoms with Crippen LogP contribution in [0.2, 0.25) is 0 Å². The van der Waals surface area contributed by atoms with Crippen molar-refractivity contribution in [3.05, 3.63) is 41.7 Å². The second-order valence-corrected chi connectivity index (χ2v) is 6.83. The number of benzene rings is 1. The lowest BCUT2D eigenvalue weighted by Crippen LogP contribution is -2.45. The van der Waals surface area contributed by atoms with E-state index >= 15 is 0 Å². The Balaban J connectivity index is 1.82. The molecule has 2 amide bonds. The normalized spacial score (nSPS) is 17.5. The number of carbonyl (C=O) groups excluding carboxylic acids is 2. The third-order valence-corrected chi connectivity index (χ3v) is 4.74. The lowest BCUT2D eigenvalue weighted by Gasteiger charge is -2.31. The number of nitrogens with zero attached hydrogens (tertiary/aromatic N) is 1. The summed E-state index contributed by atoms with van der Waals surface area (Å²) < 4.78 is 13.6. The van der Waals surface area contributed by atoms with E-state index < -0.39 is 0 Å². The van der Waals surface area contributed by atoms with Crippen molar-refractivity contribution < 1.29 is 14.0 Å². The number of rotatable bonds is 8. The predicted octanol–water partition coefficient (Wildman–Crippen LogP) is 3.77. The first-order valence-corrected chi connectivity index (χ1v) is 9.61. The smallest absolute Gasteiger partial charge is 0.246 e. The zero-order valence-corrected chi connectivity index (χ0v) is 15.5. The number of nitrogens with one attached hydrogen (secondary N) is 1. The van der Waals surface area contributed by atoms with Crippen LogP contribution in [0.3, 0.4) is 0 Å². The third kappa shape index (κ3) is 6.28. The topological polar surface area (TPSA) is 49.4 Å². The minimum absolute atomic E-state index is 0.0390. The number of hydrogen-bond donors (Lipinski definition) is 1. The molecule has 4 nitrogen and oxygen atoms in total. The molecular weight excluding hydrogens is 331 g/mol. The van der Waals surface area contributed by atoms with Crippen molar-refractivity contribution in [3.8, 4) is 0 Å². The maximum atomic E-state index is 13.6. The van der Waals surface area contributed by atoms with Gasteiger partial charge in [0.1, 0.15) is 5.82 Å². The Kier molecular flexibility index (Phi) is 8.32. The number of halogens is 1. The molecule has 142 valence electrons. The Bertz CT molecular complexity index is 630. The number of hydrogen-bond acceptors (Lipinski definition) is 2. The van der Waals surface area contributed by atoms with E-state index in [1.807, 2.05) is 0 Å². The van der Waals surface area contributed by atoms with Gasteiger partial charge >= 0.3 is 0 Å². The second kappa shape index (κ2) is 10.7. The van der Waals surface area contributed by atoms with Crippen molar-refractivity contribution in [2.45, 2.75) is 45.4 Å². The Morgan fingerprint density at radius 3 is 2.85 bits per heavy atom. The molecule has 1 heterocycles. The van der Waals surface area contributed by atoms with Crippen LogP contribution in [0.15, 0.2) is 30.3 Å². The van der Waals surface area contributed by atoms with E-state index in [4.69, 9.17) is 0 Å². The van der Waals surface area contributed by atoms with Gasteiger partial charge in [-0.25, -0.2) is 4.39 Å². The highest BCUT2D eigenvalue weighted by molar-refractivity contribution is 5.92. The van der Waals surface area contributed by atoms with Gasteiger partial charge in [0.05, 0.1) is 5.92 Å². The Hall–Kier alpha value is -2.17. The summed E-state index contributed by atoms with van der Waals surface area (Å²) in [6, 6.07) is 6.34. The van der Waals surface area contributed by atoms with Crippen molar-refractivity contribution in [2.24, 2.45) is 5.92 Å². The zero-order valence-electron chi connectivity index (χ0n) is 15.5. The average molecular weight is 360 g/mol. The molecule has 0 aliphatic carbocycles. The van der Waals surface area contributed by atoms with Crippen LogP contribution in [0.4, 0.5) is 4.39 Å². The highest BCUT2D eigenvalue weighted by atomic mass is 19.1. The number of amides is 2. The fourth-order valence-electron chi connectivity index (χ4n) is 3.18. The van der Waals surface area contributed by atoms with E-state index in [0.717, 1.165) is 25.7 Å². The second-order valence-electron chi connectivity index (χ2n) is 6.83. The molecule has 0 aromatic heterocycles. The van der Waals surface area contributed by atoms with Gasteiger partial charge in [0.15, 0.2) is 0 Å². The summed E-state index contributed by atoms with van der Waals surface area (Å²) in [4.78, 5) is 26.4. The van der Waals surface area contributed by atoms with E-state index in [2.05, 4.69) is 12.2 Å². The molecule has 0 saturated carbocycles. The standard InChI is InChI=1S/C21H29FN2O2/c1-2-3-4-7-14-23-21(26)18-10-8-15-24(16-18)20(25)13-12-17-9-5-6-11-19(17)22/h5-6,9,11-13,18H,2-4,7-8,10,14-16H2,1H3,(H,23,26)/b13-12+. The number of likely N-dealkylation sites (tertiary alicyclic amines) is 1. The molecule has 1 fully saturated rings. The molecule has 1 aromatic carbocycles. The number of piperidine rings is 1. The number of carbonyl (C=O) groups is 2. The lowest BCUT2D eigenvalue weighted by atomic mass is 9.97. The molecule has 26 heavy (non-hydrogen) atoms. The van der Waals surface area contributed by atoms with Crippen molar-refractivity contribution in [2.75, 3.05) is 19.6 Å². The summed E-state index contributed by atoms with van der Waals surface area (Å²) in [6.45, 7) is 3.94. The van der Waals surface area contributed by atoms with E-state index in [1.54, 1.807) is 23.1 Å². The third-order valence-electron chi connectivity index (χ3n) is 4.74. The van der Waals surface area contributed by atoms with Gasteiger partial charge in [0.2, 0.25) is 11.8 Å². The summed E-state index contributed by atoms with van der Waals surface area (Å²) in [6.07, 6.45) is 9.00. The van der Waals surface area contributed by atoms with Crippen LogP contribution in [0.25, 0.3) is 6.08 Å². The summed E-state index contributed by atoms with van der Waals surface area (Å²) >= 11 is 0. The molecule has 1 saturated heterocycles. The van der Waals surface area contributed by atoms with Gasteiger partial charge in [-0.05, 0) is 31.4 Å². The van der Waals surface area contributed by atoms with Gasteiger partial charge in [0, 0.05) is 31.3 Å². The molecule has 1 unspecified atom stereocenters. The average Bonchev–Trinajstić information content (AvgIpc) is 2.67. The molecule has 1 aliphatic rings. The molecular formula is C21H29FN2O2. The van der Waals surface area contributed by atoms with Crippen molar-refractivity contribution in [1.82, 2.24) is 10.2 Å². The highest BCUT2D eigenvalue weighted by Crippen LogP contribution is 2.18. The van der Waals surface area contributed by atoms with Crippen LogP contribution >= 0.6 is 0 Å². The van der Waals surface area contributed by atoms with E-state index in [-0.39, 0.29) is 23.5 Å². The summed E-state index contributed by atoms with van der Waals surface area (Å²) in [5, 5.41) is 2.99. The van der Waals surface area contributed by atoms with Crippen molar-refractivity contribution in [1.29, 1.82) is 0 Å². The SMILES string of the molecule is CCCCCCNC(=O)C1CCCN(C(=O)/C=C/c2ccccc2F)C1. The maximum absolute atomic E-state index is 13.6. The Morgan fingerprint density at radius 1 is 1.27 bits per heavy atom. The van der Waals surface area contributed by atoms with Crippen molar-refractivity contribution >= 4 is 17.9 Å². The molecule has 1 N–H and O–H groups in total. The molecule has 0 spiro atoms. The maximum Gasteiger partial charge on any atom is 0.246 e. The Labute approximate surface area is 155 Å². The van der Waals surface area contributed by atoms with E-state index in [0.29, 0.717) is 25.2 Å².